The van der Waals surface area contributed by atoms with E-state index >= 15 is 0 Å². The van der Waals surface area contributed by atoms with E-state index < -0.39 is 0 Å². The SMILES string of the molecule is CC(C)c1cc(N)ccn1. The lowest BCUT2D eigenvalue weighted by atomic mass is 10.1. The Kier molecular flexibility index (Phi) is 1.90. The molecule has 0 bridgehead atoms. The molecule has 0 unspecified atom stereocenters. The highest BCUT2D eigenvalue weighted by atomic mass is 14.7. The molecule has 0 aliphatic rings. The molecule has 0 saturated heterocycles. The van der Waals surface area contributed by atoms with Crippen molar-refractivity contribution in [2.24, 2.45) is 0 Å². The first-order valence-electron chi connectivity index (χ1n) is 3.41. The molecule has 2 nitrogen and oxygen atoms in total. The second kappa shape index (κ2) is 2.69. The Labute approximate surface area is 61.1 Å². The zero-order valence-electron chi connectivity index (χ0n) is 6.33. The van der Waals surface area contributed by atoms with E-state index in [1.165, 1.54) is 0 Å². The van der Waals surface area contributed by atoms with Crippen LogP contribution in [-0.4, -0.2) is 4.98 Å². The second-order valence-corrected chi connectivity index (χ2v) is 2.67. The Morgan fingerprint density at radius 1 is 1.50 bits per heavy atom. The van der Waals surface area contributed by atoms with Gasteiger partial charge in [0, 0.05) is 17.6 Å². The molecule has 0 saturated carbocycles. The van der Waals surface area contributed by atoms with E-state index in [4.69, 9.17) is 5.73 Å². The molecule has 0 spiro atoms. The van der Waals surface area contributed by atoms with Crippen molar-refractivity contribution in [1.82, 2.24) is 4.98 Å². The molecular weight excluding hydrogens is 124 g/mol. The van der Waals surface area contributed by atoms with Gasteiger partial charge in [-0.2, -0.15) is 0 Å². The minimum atomic E-state index is 0.462. The smallest absolute Gasteiger partial charge is 0.0449 e. The molecule has 0 amide bonds. The predicted molar refractivity (Wildman–Crippen MR) is 42.7 cm³/mol. The van der Waals surface area contributed by atoms with Gasteiger partial charge >= 0.3 is 0 Å². The standard InChI is InChI=1S/C8H12N2/c1-6(2)8-5-7(9)3-4-10-8/h3-6H,1-2H3,(H2,9,10). The van der Waals surface area contributed by atoms with Crippen LogP contribution in [0.1, 0.15) is 25.5 Å². The average Bonchev–Trinajstić information content (AvgIpc) is 1.88. The van der Waals surface area contributed by atoms with Crippen molar-refractivity contribution in [3.8, 4) is 0 Å². The van der Waals surface area contributed by atoms with Gasteiger partial charge < -0.3 is 5.73 Å². The Morgan fingerprint density at radius 2 is 2.20 bits per heavy atom. The van der Waals surface area contributed by atoms with Crippen LogP contribution in [0, 0.1) is 0 Å². The molecule has 1 heterocycles. The summed E-state index contributed by atoms with van der Waals surface area (Å²) in [5, 5.41) is 0. The first kappa shape index (κ1) is 7.06. The van der Waals surface area contributed by atoms with Gasteiger partial charge in [0.05, 0.1) is 0 Å². The first-order valence-corrected chi connectivity index (χ1v) is 3.41. The molecule has 2 N–H and O–H groups in total. The Morgan fingerprint density at radius 3 is 2.60 bits per heavy atom. The van der Waals surface area contributed by atoms with Crippen molar-refractivity contribution in [3.05, 3.63) is 24.0 Å². The molecule has 0 aromatic carbocycles. The average molecular weight is 136 g/mol. The lowest BCUT2D eigenvalue weighted by Crippen LogP contribution is -1.93. The van der Waals surface area contributed by atoms with Gasteiger partial charge in [0.25, 0.3) is 0 Å². The van der Waals surface area contributed by atoms with Crippen LogP contribution in [0.15, 0.2) is 18.3 Å². The van der Waals surface area contributed by atoms with Crippen molar-refractivity contribution in [1.29, 1.82) is 0 Å². The number of nitrogen functional groups attached to an aromatic ring is 1. The lowest BCUT2D eigenvalue weighted by Gasteiger charge is -2.02. The van der Waals surface area contributed by atoms with Gasteiger partial charge in [-0.05, 0) is 18.1 Å². The largest absolute Gasteiger partial charge is 0.399 e. The predicted octanol–water partition coefficient (Wildman–Crippen LogP) is 1.79. The zero-order valence-corrected chi connectivity index (χ0v) is 6.33. The van der Waals surface area contributed by atoms with Crippen LogP contribution < -0.4 is 5.73 Å². The number of aromatic nitrogens is 1. The van der Waals surface area contributed by atoms with Crippen LogP contribution in [-0.2, 0) is 0 Å². The van der Waals surface area contributed by atoms with Crippen LogP contribution >= 0.6 is 0 Å². The molecule has 0 radical (unpaired) electrons. The van der Waals surface area contributed by atoms with Crippen molar-refractivity contribution >= 4 is 5.69 Å². The third kappa shape index (κ3) is 1.47. The summed E-state index contributed by atoms with van der Waals surface area (Å²) in [6.45, 7) is 4.20. The van der Waals surface area contributed by atoms with Gasteiger partial charge in [-0.3, -0.25) is 4.98 Å². The summed E-state index contributed by atoms with van der Waals surface area (Å²) in [4.78, 5) is 4.16. The molecule has 2 heteroatoms. The van der Waals surface area contributed by atoms with Gasteiger partial charge in [0.2, 0.25) is 0 Å². The summed E-state index contributed by atoms with van der Waals surface area (Å²) in [6, 6.07) is 3.70. The molecule has 1 aromatic heterocycles. The summed E-state index contributed by atoms with van der Waals surface area (Å²) in [7, 11) is 0. The number of anilines is 1. The molecule has 0 atom stereocenters. The normalized spacial score (nSPS) is 10.3. The monoisotopic (exact) mass is 136 g/mol. The number of rotatable bonds is 1. The highest BCUT2D eigenvalue weighted by molar-refractivity contribution is 5.37. The second-order valence-electron chi connectivity index (χ2n) is 2.67. The minimum Gasteiger partial charge on any atom is -0.399 e. The molecule has 10 heavy (non-hydrogen) atoms. The van der Waals surface area contributed by atoms with E-state index in [0.29, 0.717) is 5.92 Å². The zero-order chi connectivity index (χ0) is 7.56. The minimum absolute atomic E-state index is 0.462. The highest BCUT2D eigenvalue weighted by Crippen LogP contribution is 2.12. The molecule has 0 fully saturated rings. The van der Waals surface area contributed by atoms with Crippen LogP contribution in [0.2, 0.25) is 0 Å². The van der Waals surface area contributed by atoms with Crippen molar-refractivity contribution in [3.63, 3.8) is 0 Å². The maximum absolute atomic E-state index is 5.56. The lowest BCUT2D eigenvalue weighted by molar-refractivity contribution is 0.824. The molecule has 0 aliphatic heterocycles. The summed E-state index contributed by atoms with van der Waals surface area (Å²) in [5.74, 6) is 0.462. The molecule has 54 valence electrons. The Bertz CT molecular complexity index is 218. The highest BCUT2D eigenvalue weighted by Gasteiger charge is 1.98. The number of hydrogen-bond donors (Lipinski definition) is 1. The van der Waals surface area contributed by atoms with Gasteiger partial charge in [-0.1, -0.05) is 13.8 Å². The van der Waals surface area contributed by atoms with Crippen LogP contribution in [0.25, 0.3) is 0 Å². The van der Waals surface area contributed by atoms with E-state index in [9.17, 15) is 0 Å². The maximum Gasteiger partial charge on any atom is 0.0449 e. The third-order valence-electron chi connectivity index (χ3n) is 1.40. The van der Waals surface area contributed by atoms with Gasteiger partial charge in [-0.25, -0.2) is 0 Å². The van der Waals surface area contributed by atoms with Crippen LogP contribution in [0.5, 0.6) is 0 Å². The number of nitrogens with two attached hydrogens (primary N) is 1. The van der Waals surface area contributed by atoms with E-state index in [0.717, 1.165) is 11.4 Å². The summed E-state index contributed by atoms with van der Waals surface area (Å²) in [6.07, 6.45) is 1.74. The molecule has 1 aromatic rings. The third-order valence-corrected chi connectivity index (χ3v) is 1.40. The summed E-state index contributed by atoms with van der Waals surface area (Å²) >= 11 is 0. The Hall–Kier alpha value is -1.05. The topological polar surface area (TPSA) is 38.9 Å². The summed E-state index contributed by atoms with van der Waals surface area (Å²) < 4.78 is 0. The van der Waals surface area contributed by atoms with Gasteiger partial charge in [0.15, 0.2) is 0 Å². The van der Waals surface area contributed by atoms with E-state index in [1.807, 2.05) is 6.07 Å². The van der Waals surface area contributed by atoms with Gasteiger partial charge in [-0.15, -0.1) is 0 Å². The quantitative estimate of drug-likeness (QED) is 0.639. The molecule has 0 aliphatic carbocycles. The number of hydrogen-bond acceptors (Lipinski definition) is 2. The maximum atomic E-state index is 5.56. The van der Waals surface area contributed by atoms with Crippen molar-refractivity contribution < 1.29 is 0 Å². The fraction of sp³-hybridized carbons (Fsp3) is 0.375. The van der Waals surface area contributed by atoms with Crippen LogP contribution in [0.3, 0.4) is 0 Å². The van der Waals surface area contributed by atoms with Crippen molar-refractivity contribution in [2.75, 3.05) is 5.73 Å². The van der Waals surface area contributed by atoms with E-state index in [-0.39, 0.29) is 0 Å². The molecule has 1 rings (SSSR count). The van der Waals surface area contributed by atoms with E-state index in [1.54, 1.807) is 12.3 Å². The first-order chi connectivity index (χ1) is 4.70. The number of nitrogens with zero attached hydrogens (tertiary/aromatic N) is 1. The number of pyridine rings is 1. The Balaban J connectivity index is 2.96. The van der Waals surface area contributed by atoms with Crippen LogP contribution in [0.4, 0.5) is 5.69 Å². The fourth-order valence-corrected chi connectivity index (χ4v) is 0.781. The fourth-order valence-electron chi connectivity index (χ4n) is 0.781. The molecular formula is C8H12N2. The van der Waals surface area contributed by atoms with Gasteiger partial charge in [0.1, 0.15) is 0 Å². The summed E-state index contributed by atoms with van der Waals surface area (Å²) in [5.41, 5.74) is 7.40. The van der Waals surface area contributed by atoms with E-state index in [2.05, 4.69) is 18.8 Å². The van der Waals surface area contributed by atoms with Crippen molar-refractivity contribution in [2.45, 2.75) is 19.8 Å².